The highest BCUT2D eigenvalue weighted by Gasteiger charge is 2.39. The van der Waals surface area contributed by atoms with Crippen LogP contribution in [-0.4, -0.2) is 16.9 Å². The maximum absolute atomic E-state index is 13.3. The summed E-state index contributed by atoms with van der Waals surface area (Å²) in [6.45, 7) is 11.9. The third-order valence-electron chi connectivity index (χ3n) is 7.39. The van der Waals surface area contributed by atoms with Gasteiger partial charge in [0.15, 0.2) is 5.78 Å². The number of ketones is 1. The number of hydrogen-bond donors (Lipinski definition) is 2. The summed E-state index contributed by atoms with van der Waals surface area (Å²) in [5.74, 6) is -1.04. The second kappa shape index (κ2) is 9.77. The Balaban J connectivity index is 1.69. The van der Waals surface area contributed by atoms with E-state index in [2.05, 4.69) is 70.3 Å². The molecule has 0 atom stereocenters. The molecule has 1 aliphatic rings. The van der Waals surface area contributed by atoms with Gasteiger partial charge >= 0.3 is 5.97 Å². The summed E-state index contributed by atoms with van der Waals surface area (Å²) in [7, 11) is 0. The Morgan fingerprint density at radius 2 is 1.53 bits per heavy atom. The first-order chi connectivity index (χ1) is 17.0. The molecule has 4 rings (SSSR count). The summed E-state index contributed by atoms with van der Waals surface area (Å²) < 4.78 is 0. The van der Waals surface area contributed by atoms with Crippen LogP contribution in [0.15, 0.2) is 66.7 Å². The molecule has 0 saturated carbocycles. The van der Waals surface area contributed by atoms with Crippen LogP contribution in [0.2, 0.25) is 0 Å². The van der Waals surface area contributed by atoms with E-state index < -0.39 is 5.97 Å². The maximum Gasteiger partial charge on any atom is 0.335 e. The molecule has 0 aromatic heterocycles. The number of benzene rings is 3. The van der Waals surface area contributed by atoms with Crippen LogP contribution in [0.25, 0.3) is 6.08 Å². The maximum atomic E-state index is 13.3. The van der Waals surface area contributed by atoms with E-state index in [-0.39, 0.29) is 22.2 Å². The average Bonchev–Trinajstić information content (AvgIpc) is 2.85. The van der Waals surface area contributed by atoms with Gasteiger partial charge in [-0.25, -0.2) is 4.79 Å². The lowest BCUT2D eigenvalue weighted by molar-refractivity contribution is 0.0696. The quantitative estimate of drug-likeness (QED) is 0.270. The molecule has 0 unspecified atom stereocenters. The van der Waals surface area contributed by atoms with E-state index >= 15 is 0 Å². The molecule has 0 radical (unpaired) electrons. The first-order valence-corrected chi connectivity index (χ1v) is 12.5. The highest BCUT2D eigenvalue weighted by molar-refractivity contribution is 6.07. The number of carboxylic acids is 1. The van der Waals surface area contributed by atoms with E-state index in [4.69, 9.17) is 5.11 Å². The lowest BCUT2D eigenvalue weighted by Gasteiger charge is -2.43. The molecule has 0 bridgehead atoms. The van der Waals surface area contributed by atoms with Crippen molar-refractivity contribution in [3.8, 4) is 0 Å². The summed E-state index contributed by atoms with van der Waals surface area (Å²) >= 11 is 0. The average molecular weight is 482 g/mol. The molecule has 0 saturated heterocycles. The fourth-order valence-electron chi connectivity index (χ4n) is 4.98. The van der Waals surface area contributed by atoms with Gasteiger partial charge in [0.2, 0.25) is 0 Å². The van der Waals surface area contributed by atoms with Crippen LogP contribution in [0, 0.1) is 6.92 Å². The fraction of sp³-hybridized carbons (Fsp3) is 0.312. The van der Waals surface area contributed by atoms with E-state index in [0.29, 0.717) is 12.1 Å². The summed E-state index contributed by atoms with van der Waals surface area (Å²) in [6, 6.07) is 19.1. The zero-order chi connectivity index (χ0) is 26.1. The van der Waals surface area contributed by atoms with Crippen molar-refractivity contribution in [3.63, 3.8) is 0 Å². The minimum absolute atomic E-state index is 0.00374. The number of allylic oxidation sites excluding steroid dienone is 1. The minimum Gasteiger partial charge on any atom is -0.478 e. The SMILES string of the molecule is Cc1ccc(CNc2cc(C(=O)C=Cc3ccc(C(=O)O)cc3)cc3c2C(C)(C)CCC3(C)C)cc1. The Morgan fingerprint density at radius 1 is 0.889 bits per heavy atom. The number of hydrogen-bond acceptors (Lipinski definition) is 3. The van der Waals surface area contributed by atoms with Crippen molar-refractivity contribution in [2.45, 2.75) is 64.8 Å². The summed E-state index contributed by atoms with van der Waals surface area (Å²) in [4.78, 5) is 24.4. The predicted molar refractivity (Wildman–Crippen MR) is 147 cm³/mol. The smallest absolute Gasteiger partial charge is 0.335 e. The molecule has 1 aliphatic carbocycles. The molecule has 2 N–H and O–H groups in total. The standard InChI is InChI=1S/C32H35NO3/c1-21-6-8-23(9-7-21)20-33-27-19-25(18-26-29(27)32(4,5)17-16-31(26,2)3)28(34)15-12-22-10-13-24(14-11-22)30(35)36/h6-15,18-19,33H,16-17,20H2,1-5H3,(H,35,36). The van der Waals surface area contributed by atoms with E-state index in [1.165, 1.54) is 22.3 Å². The zero-order valence-electron chi connectivity index (χ0n) is 21.8. The van der Waals surface area contributed by atoms with Gasteiger partial charge in [-0.15, -0.1) is 0 Å². The van der Waals surface area contributed by atoms with Gasteiger partial charge in [0, 0.05) is 17.8 Å². The number of carboxylic acid groups (broad SMARTS) is 1. The summed E-state index contributed by atoms with van der Waals surface area (Å²) in [6.07, 6.45) is 5.46. The Hall–Kier alpha value is -3.66. The Bertz CT molecular complexity index is 1310. The largest absolute Gasteiger partial charge is 0.478 e. The first kappa shape index (κ1) is 25.4. The normalized spacial score (nSPS) is 15.9. The topological polar surface area (TPSA) is 66.4 Å². The van der Waals surface area contributed by atoms with Crippen molar-refractivity contribution in [1.82, 2.24) is 0 Å². The number of rotatable bonds is 7. The molecule has 36 heavy (non-hydrogen) atoms. The van der Waals surface area contributed by atoms with Crippen molar-refractivity contribution in [2.75, 3.05) is 5.32 Å². The number of nitrogens with one attached hydrogen (secondary N) is 1. The number of aryl methyl sites for hydroxylation is 1. The van der Waals surface area contributed by atoms with E-state index in [1.54, 1.807) is 36.4 Å². The number of carbonyl (C=O) groups is 2. The number of anilines is 1. The van der Waals surface area contributed by atoms with Crippen molar-refractivity contribution < 1.29 is 14.7 Å². The molecule has 3 aromatic carbocycles. The fourth-order valence-corrected chi connectivity index (χ4v) is 4.98. The highest BCUT2D eigenvalue weighted by Crippen LogP contribution is 2.49. The molecule has 3 aromatic rings. The van der Waals surface area contributed by atoms with Gasteiger partial charge in [-0.05, 0) is 83.2 Å². The molecule has 0 aliphatic heterocycles. The van der Waals surface area contributed by atoms with Crippen molar-refractivity contribution in [2.24, 2.45) is 0 Å². The second-order valence-corrected chi connectivity index (χ2v) is 11.2. The second-order valence-electron chi connectivity index (χ2n) is 11.2. The molecule has 4 nitrogen and oxygen atoms in total. The molecule has 186 valence electrons. The third-order valence-corrected chi connectivity index (χ3v) is 7.39. The van der Waals surface area contributed by atoms with Gasteiger partial charge < -0.3 is 10.4 Å². The minimum atomic E-state index is -0.966. The molecule has 0 amide bonds. The molecule has 0 fully saturated rings. The van der Waals surface area contributed by atoms with Crippen molar-refractivity contribution >= 4 is 23.5 Å². The molecular formula is C32H35NO3. The number of fused-ring (bicyclic) bond motifs is 1. The van der Waals surface area contributed by atoms with Crippen molar-refractivity contribution in [3.05, 3.63) is 106 Å². The third kappa shape index (κ3) is 5.43. The van der Waals surface area contributed by atoms with Gasteiger partial charge in [-0.1, -0.05) is 75.7 Å². The Labute approximate surface area is 214 Å². The van der Waals surface area contributed by atoms with Crippen LogP contribution < -0.4 is 5.32 Å². The lowest BCUT2D eigenvalue weighted by Crippen LogP contribution is -2.35. The van der Waals surface area contributed by atoms with Crippen LogP contribution in [-0.2, 0) is 17.4 Å². The van der Waals surface area contributed by atoms with E-state index in [9.17, 15) is 9.59 Å². The monoisotopic (exact) mass is 481 g/mol. The van der Waals surface area contributed by atoms with E-state index in [1.807, 2.05) is 6.07 Å². The number of aromatic carboxylic acids is 1. The van der Waals surface area contributed by atoms with Crippen LogP contribution >= 0.6 is 0 Å². The number of carbonyl (C=O) groups excluding carboxylic acids is 1. The summed E-state index contributed by atoms with van der Waals surface area (Å²) in [5.41, 5.74) is 7.62. The van der Waals surface area contributed by atoms with Gasteiger partial charge in [-0.2, -0.15) is 0 Å². The van der Waals surface area contributed by atoms with Crippen LogP contribution in [0.1, 0.15) is 89.1 Å². The zero-order valence-corrected chi connectivity index (χ0v) is 21.8. The lowest BCUT2D eigenvalue weighted by atomic mass is 9.62. The molecule has 4 heteroatoms. The van der Waals surface area contributed by atoms with Gasteiger partial charge in [-0.3, -0.25) is 4.79 Å². The highest BCUT2D eigenvalue weighted by atomic mass is 16.4. The van der Waals surface area contributed by atoms with Crippen LogP contribution in [0.5, 0.6) is 0 Å². The summed E-state index contributed by atoms with van der Waals surface area (Å²) in [5, 5.41) is 12.8. The molecular weight excluding hydrogens is 446 g/mol. The van der Waals surface area contributed by atoms with Gasteiger partial charge in [0.1, 0.15) is 0 Å². The Morgan fingerprint density at radius 3 is 2.17 bits per heavy atom. The first-order valence-electron chi connectivity index (χ1n) is 12.5. The molecule has 0 spiro atoms. The van der Waals surface area contributed by atoms with Gasteiger partial charge in [0.25, 0.3) is 0 Å². The van der Waals surface area contributed by atoms with Crippen LogP contribution in [0.4, 0.5) is 5.69 Å². The van der Waals surface area contributed by atoms with Crippen LogP contribution in [0.3, 0.4) is 0 Å². The predicted octanol–water partition coefficient (Wildman–Crippen LogP) is 7.55. The Kier molecular flexibility index (Phi) is 6.90. The van der Waals surface area contributed by atoms with E-state index in [0.717, 1.165) is 24.1 Å². The van der Waals surface area contributed by atoms with Crippen molar-refractivity contribution in [1.29, 1.82) is 0 Å². The molecule has 0 heterocycles. The van der Waals surface area contributed by atoms with Gasteiger partial charge in [0.05, 0.1) is 5.56 Å².